The first-order valence-electron chi connectivity index (χ1n) is 5.12. The summed E-state index contributed by atoms with van der Waals surface area (Å²) < 4.78 is 2.16. The molecule has 2 rings (SSSR count). The van der Waals surface area contributed by atoms with Crippen molar-refractivity contribution in [3.8, 4) is 11.3 Å². The summed E-state index contributed by atoms with van der Waals surface area (Å²) in [5.74, 6) is 0. The second kappa shape index (κ2) is 4.75. The lowest BCUT2D eigenvalue weighted by Crippen LogP contribution is -2.14. The van der Waals surface area contributed by atoms with Crippen molar-refractivity contribution in [3.05, 3.63) is 42.9 Å². The minimum absolute atomic E-state index is 0.945. The van der Waals surface area contributed by atoms with Gasteiger partial charge in [0.2, 0.25) is 0 Å². The van der Waals surface area contributed by atoms with E-state index in [1.165, 1.54) is 11.3 Å². The lowest BCUT2D eigenvalue weighted by atomic mass is 10.2. The molecule has 0 aliphatic rings. The Labute approximate surface area is 89.8 Å². The van der Waals surface area contributed by atoms with Gasteiger partial charge in [0, 0.05) is 13.1 Å². The zero-order valence-corrected chi connectivity index (χ0v) is 8.85. The number of rotatable bonds is 4. The van der Waals surface area contributed by atoms with Crippen molar-refractivity contribution >= 4 is 0 Å². The van der Waals surface area contributed by atoms with E-state index >= 15 is 0 Å². The number of likely N-dealkylation sites (N-methyl/N-ethyl adjacent to an activating group) is 1. The lowest BCUT2D eigenvalue weighted by molar-refractivity contribution is 0.648. The van der Waals surface area contributed by atoms with Crippen LogP contribution in [0.2, 0.25) is 0 Å². The highest BCUT2D eigenvalue weighted by Crippen LogP contribution is 2.17. The lowest BCUT2D eigenvalue weighted by Gasteiger charge is -2.07. The predicted octanol–water partition coefficient (Wildman–Crippen LogP) is 1.77. The molecule has 1 N–H and O–H groups in total. The van der Waals surface area contributed by atoms with Gasteiger partial charge in [0.1, 0.15) is 0 Å². The Balaban J connectivity index is 2.25. The van der Waals surface area contributed by atoms with Gasteiger partial charge in [-0.15, -0.1) is 0 Å². The molecule has 1 aromatic carbocycles. The maximum atomic E-state index is 4.19. The van der Waals surface area contributed by atoms with Gasteiger partial charge < -0.3 is 9.88 Å². The van der Waals surface area contributed by atoms with Crippen molar-refractivity contribution in [1.82, 2.24) is 14.9 Å². The molecule has 0 spiro atoms. The molecule has 0 aliphatic heterocycles. The van der Waals surface area contributed by atoms with Crippen LogP contribution >= 0.6 is 0 Å². The van der Waals surface area contributed by atoms with E-state index in [1.807, 2.05) is 37.8 Å². The highest BCUT2D eigenvalue weighted by Gasteiger charge is 2.02. The molecular formula is C12H15N3. The fraction of sp³-hybridized carbons (Fsp3) is 0.250. The van der Waals surface area contributed by atoms with Crippen molar-refractivity contribution in [2.45, 2.75) is 6.54 Å². The smallest absolute Gasteiger partial charge is 0.0951 e. The van der Waals surface area contributed by atoms with E-state index in [1.54, 1.807) is 0 Å². The second-order valence-corrected chi connectivity index (χ2v) is 3.44. The van der Waals surface area contributed by atoms with E-state index in [2.05, 4.69) is 27.0 Å². The molecule has 0 radical (unpaired) electrons. The molecule has 15 heavy (non-hydrogen) atoms. The largest absolute Gasteiger partial charge is 0.329 e. The summed E-state index contributed by atoms with van der Waals surface area (Å²) in [5.41, 5.74) is 2.39. The molecule has 0 aliphatic carbocycles. The zero-order valence-electron chi connectivity index (χ0n) is 8.85. The summed E-state index contributed by atoms with van der Waals surface area (Å²) in [7, 11) is 1.96. The molecular weight excluding hydrogens is 186 g/mol. The van der Waals surface area contributed by atoms with Crippen LogP contribution in [0.3, 0.4) is 0 Å². The quantitative estimate of drug-likeness (QED) is 0.817. The summed E-state index contributed by atoms with van der Waals surface area (Å²) in [4.78, 5) is 4.19. The molecule has 0 fully saturated rings. The summed E-state index contributed by atoms with van der Waals surface area (Å²) in [5, 5.41) is 3.14. The molecule has 1 heterocycles. The number of benzene rings is 1. The SMILES string of the molecule is CNCCn1cncc1-c1ccccc1. The summed E-state index contributed by atoms with van der Waals surface area (Å²) in [6, 6.07) is 10.3. The molecule has 0 saturated carbocycles. The average molecular weight is 201 g/mol. The van der Waals surface area contributed by atoms with Gasteiger partial charge >= 0.3 is 0 Å². The van der Waals surface area contributed by atoms with Gasteiger partial charge in [0.05, 0.1) is 18.2 Å². The Morgan fingerprint density at radius 2 is 2.07 bits per heavy atom. The minimum Gasteiger partial charge on any atom is -0.329 e. The first-order valence-corrected chi connectivity index (χ1v) is 5.12. The monoisotopic (exact) mass is 201 g/mol. The van der Waals surface area contributed by atoms with Crippen LogP contribution in [0.5, 0.6) is 0 Å². The van der Waals surface area contributed by atoms with E-state index in [9.17, 15) is 0 Å². The van der Waals surface area contributed by atoms with E-state index < -0.39 is 0 Å². The second-order valence-electron chi connectivity index (χ2n) is 3.44. The Bertz CT molecular complexity index is 406. The standard InChI is InChI=1S/C12H15N3/c1-13-7-8-15-10-14-9-12(15)11-5-3-2-4-6-11/h2-6,9-10,13H,7-8H2,1H3. The minimum atomic E-state index is 0.945. The molecule has 3 nitrogen and oxygen atoms in total. The van der Waals surface area contributed by atoms with E-state index in [0.29, 0.717) is 0 Å². The van der Waals surface area contributed by atoms with Crippen LogP contribution in [-0.2, 0) is 6.54 Å². The summed E-state index contributed by atoms with van der Waals surface area (Å²) in [6.07, 6.45) is 3.78. The van der Waals surface area contributed by atoms with Crippen molar-refractivity contribution in [1.29, 1.82) is 0 Å². The molecule has 0 saturated heterocycles. The van der Waals surface area contributed by atoms with Crippen LogP contribution in [0.15, 0.2) is 42.9 Å². The van der Waals surface area contributed by atoms with Gasteiger partial charge in [-0.2, -0.15) is 0 Å². The first-order chi connectivity index (χ1) is 7.42. The highest BCUT2D eigenvalue weighted by molar-refractivity contribution is 5.58. The Hall–Kier alpha value is -1.61. The van der Waals surface area contributed by atoms with Crippen molar-refractivity contribution in [2.24, 2.45) is 0 Å². The number of hydrogen-bond donors (Lipinski definition) is 1. The third kappa shape index (κ3) is 2.25. The fourth-order valence-corrected chi connectivity index (χ4v) is 1.58. The van der Waals surface area contributed by atoms with Crippen molar-refractivity contribution in [3.63, 3.8) is 0 Å². The number of imidazole rings is 1. The summed E-state index contributed by atoms with van der Waals surface area (Å²) >= 11 is 0. The summed E-state index contributed by atoms with van der Waals surface area (Å²) in [6.45, 7) is 1.90. The van der Waals surface area contributed by atoms with Gasteiger partial charge in [-0.1, -0.05) is 30.3 Å². The van der Waals surface area contributed by atoms with Crippen LogP contribution in [0.1, 0.15) is 0 Å². The number of hydrogen-bond acceptors (Lipinski definition) is 2. The molecule has 1 aromatic heterocycles. The van der Waals surface area contributed by atoms with E-state index in [4.69, 9.17) is 0 Å². The molecule has 3 heteroatoms. The predicted molar refractivity (Wildman–Crippen MR) is 61.6 cm³/mol. The Morgan fingerprint density at radius 1 is 1.27 bits per heavy atom. The molecule has 0 unspecified atom stereocenters. The number of nitrogens with zero attached hydrogens (tertiary/aromatic N) is 2. The highest BCUT2D eigenvalue weighted by atomic mass is 15.1. The topological polar surface area (TPSA) is 29.9 Å². The molecule has 78 valence electrons. The molecule has 0 atom stereocenters. The van der Waals surface area contributed by atoms with Gasteiger partial charge in [0.15, 0.2) is 0 Å². The van der Waals surface area contributed by atoms with E-state index in [-0.39, 0.29) is 0 Å². The zero-order chi connectivity index (χ0) is 10.5. The van der Waals surface area contributed by atoms with Gasteiger partial charge in [-0.3, -0.25) is 0 Å². The van der Waals surface area contributed by atoms with E-state index in [0.717, 1.165) is 13.1 Å². The van der Waals surface area contributed by atoms with Crippen LogP contribution in [0.4, 0.5) is 0 Å². The maximum absolute atomic E-state index is 4.19. The van der Waals surface area contributed by atoms with Crippen molar-refractivity contribution < 1.29 is 0 Å². The fourth-order valence-electron chi connectivity index (χ4n) is 1.58. The maximum Gasteiger partial charge on any atom is 0.0951 e. The molecule has 0 amide bonds. The van der Waals surface area contributed by atoms with Crippen molar-refractivity contribution in [2.75, 3.05) is 13.6 Å². The number of nitrogens with one attached hydrogen (secondary N) is 1. The van der Waals surface area contributed by atoms with Crippen LogP contribution in [-0.4, -0.2) is 23.1 Å². The van der Waals surface area contributed by atoms with Crippen LogP contribution < -0.4 is 5.32 Å². The van der Waals surface area contributed by atoms with Crippen LogP contribution in [0, 0.1) is 0 Å². The van der Waals surface area contributed by atoms with Gasteiger partial charge in [-0.05, 0) is 12.6 Å². The number of aromatic nitrogens is 2. The Kier molecular flexibility index (Phi) is 3.15. The average Bonchev–Trinajstić information content (AvgIpc) is 2.75. The third-order valence-electron chi connectivity index (χ3n) is 2.38. The van der Waals surface area contributed by atoms with Gasteiger partial charge in [0.25, 0.3) is 0 Å². The first kappa shape index (κ1) is 9.93. The third-order valence-corrected chi connectivity index (χ3v) is 2.38. The van der Waals surface area contributed by atoms with Crippen LogP contribution in [0.25, 0.3) is 11.3 Å². The molecule has 2 aromatic rings. The Morgan fingerprint density at radius 3 is 2.80 bits per heavy atom. The van der Waals surface area contributed by atoms with Gasteiger partial charge in [-0.25, -0.2) is 4.98 Å². The molecule has 0 bridgehead atoms. The normalized spacial score (nSPS) is 10.5.